The molecule has 4 rings (SSSR count). The minimum atomic E-state index is -0.847. The SMILES string of the molecule is O[C@@H]1[C@H](O)CN[C@@H]1COC(c1ccccc1)(c1ccccc1)c1ccccc1. The summed E-state index contributed by atoms with van der Waals surface area (Å²) in [5.74, 6) is 0. The lowest BCUT2D eigenvalue weighted by atomic mass is 9.80. The maximum atomic E-state index is 10.3. The van der Waals surface area contributed by atoms with Crippen molar-refractivity contribution in [1.29, 1.82) is 0 Å². The van der Waals surface area contributed by atoms with Crippen LogP contribution in [0, 0.1) is 0 Å². The minimum absolute atomic E-state index is 0.261. The second-order valence-electron chi connectivity index (χ2n) is 7.16. The standard InChI is InChI=1S/C24H25NO3/c26-22-16-25-21(23(22)27)17-28-24(18-10-4-1-5-11-18,19-12-6-2-7-13-19)20-14-8-3-9-15-20/h1-15,21-23,25-27H,16-17H2/t21-,22-,23+/m1/s1. The van der Waals surface area contributed by atoms with E-state index in [4.69, 9.17) is 4.74 Å². The third-order valence-electron chi connectivity index (χ3n) is 5.42. The van der Waals surface area contributed by atoms with Crippen molar-refractivity contribution in [3.8, 4) is 0 Å². The summed E-state index contributed by atoms with van der Waals surface area (Å²) < 4.78 is 6.66. The maximum Gasteiger partial charge on any atom is 0.143 e. The number of ether oxygens (including phenoxy) is 1. The molecule has 0 unspecified atom stereocenters. The van der Waals surface area contributed by atoms with E-state index in [0.29, 0.717) is 6.54 Å². The second-order valence-corrected chi connectivity index (χ2v) is 7.16. The molecule has 0 aromatic heterocycles. The first-order valence-corrected chi connectivity index (χ1v) is 9.62. The average molecular weight is 375 g/mol. The number of hydrogen-bond acceptors (Lipinski definition) is 4. The summed E-state index contributed by atoms with van der Waals surface area (Å²) in [4.78, 5) is 0. The van der Waals surface area contributed by atoms with Gasteiger partial charge in [0.2, 0.25) is 0 Å². The van der Waals surface area contributed by atoms with Gasteiger partial charge in [-0.05, 0) is 16.7 Å². The Balaban J connectivity index is 1.81. The van der Waals surface area contributed by atoms with Gasteiger partial charge in [0.15, 0.2) is 0 Å². The molecular weight excluding hydrogens is 350 g/mol. The van der Waals surface area contributed by atoms with Crippen LogP contribution in [-0.2, 0) is 10.3 Å². The van der Waals surface area contributed by atoms with E-state index in [2.05, 4.69) is 41.7 Å². The molecule has 1 aliphatic heterocycles. The zero-order chi connectivity index (χ0) is 19.4. The monoisotopic (exact) mass is 375 g/mol. The van der Waals surface area contributed by atoms with Crippen LogP contribution in [0.15, 0.2) is 91.0 Å². The molecule has 1 saturated heterocycles. The molecule has 0 amide bonds. The Bertz CT molecular complexity index is 773. The summed E-state index contributed by atoms with van der Waals surface area (Å²) >= 11 is 0. The summed E-state index contributed by atoms with van der Waals surface area (Å²) in [7, 11) is 0. The molecule has 0 saturated carbocycles. The van der Waals surface area contributed by atoms with Crippen molar-refractivity contribution in [2.75, 3.05) is 13.2 Å². The van der Waals surface area contributed by atoms with E-state index in [9.17, 15) is 10.2 Å². The topological polar surface area (TPSA) is 61.7 Å². The molecule has 28 heavy (non-hydrogen) atoms. The van der Waals surface area contributed by atoms with E-state index in [1.54, 1.807) is 0 Å². The quantitative estimate of drug-likeness (QED) is 0.580. The van der Waals surface area contributed by atoms with Gasteiger partial charge in [0.25, 0.3) is 0 Å². The van der Waals surface area contributed by atoms with Gasteiger partial charge in [0, 0.05) is 6.54 Å². The van der Waals surface area contributed by atoms with Crippen molar-refractivity contribution in [1.82, 2.24) is 5.32 Å². The van der Waals surface area contributed by atoms with E-state index in [1.807, 2.05) is 54.6 Å². The van der Waals surface area contributed by atoms with Gasteiger partial charge in [0.05, 0.1) is 24.9 Å². The van der Waals surface area contributed by atoms with Gasteiger partial charge in [-0.15, -0.1) is 0 Å². The zero-order valence-electron chi connectivity index (χ0n) is 15.6. The molecule has 3 aromatic carbocycles. The van der Waals surface area contributed by atoms with Gasteiger partial charge in [0.1, 0.15) is 5.60 Å². The first-order valence-electron chi connectivity index (χ1n) is 9.62. The summed E-state index contributed by atoms with van der Waals surface area (Å²) in [6.07, 6.45) is -1.62. The molecule has 1 aliphatic rings. The van der Waals surface area contributed by atoms with Gasteiger partial charge in [-0.2, -0.15) is 0 Å². The predicted octanol–water partition coefficient (Wildman–Crippen LogP) is 2.69. The van der Waals surface area contributed by atoms with Crippen molar-refractivity contribution in [3.63, 3.8) is 0 Å². The van der Waals surface area contributed by atoms with E-state index in [1.165, 1.54) is 0 Å². The fraction of sp³-hybridized carbons (Fsp3) is 0.250. The Morgan fingerprint density at radius 2 is 1.18 bits per heavy atom. The smallest absolute Gasteiger partial charge is 0.143 e. The van der Waals surface area contributed by atoms with Gasteiger partial charge in [-0.3, -0.25) is 0 Å². The molecule has 1 fully saturated rings. The second kappa shape index (κ2) is 8.25. The Labute approximate surface area is 165 Å². The fourth-order valence-corrected chi connectivity index (χ4v) is 3.92. The van der Waals surface area contributed by atoms with E-state index in [0.717, 1.165) is 16.7 Å². The largest absolute Gasteiger partial charge is 0.389 e. The van der Waals surface area contributed by atoms with Gasteiger partial charge >= 0.3 is 0 Å². The number of nitrogens with one attached hydrogen (secondary N) is 1. The zero-order valence-corrected chi connectivity index (χ0v) is 15.6. The lowest BCUT2D eigenvalue weighted by molar-refractivity contribution is -0.0292. The average Bonchev–Trinajstić information content (AvgIpc) is 3.09. The molecular formula is C24H25NO3. The van der Waals surface area contributed by atoms with E-state index < -0.39 is 17.8 Å². The number of aliphatic hydroxyl groups excluding tert-OH is 2. The van der Waals surface area contributed by atoms with Crippen molar-refractivity contribution in [3.05, 3.63) is 108 Å². The Hall–Kier alpha value is -2.50. The predicted molar refractivity (Wildman–Crippen MR) is 109 cm³/mol. The van der Waals surface area contributed by atoms with Crippen molar-refractivity contribution >= 4 is 0 Å². The maximum absolute atomic E-state index is 10.3. The van der Waals surface area contributed by atoms with Crippen LogP contribution >= 0.6 is 0 Å². The number of rotatable bonds is 6. The van der Waals surface area contributed by atoms with E-state index >= 15 is 0 Å². The third-order valence-corrected chi connectivity index (χ3v) is 5.42. The molecule has 3 atom stereocenters. The van der Waals surface area contributed by atoms with Crippen molar-refractivity contribution < 1.29 is 14.9 Å². The number of benzene rings is 3. The summed E-state index contributed by atoms with van der Waals surface area (Å²) in [5.41, 5.74) is 2.22. The van der Waals surface area contributed by atoms with Crippen LogP contribution in [0.1, 0.15) is 16.7 Å². The highest BCUT2D eigenvalue weighted by Crippen LogP contribution is 2.40. The number of β-amino-alcohol motifs (C(OH)–C–C–N with tert-alkyl or cyclic N) is 1. The van der Waals surface area contributed by atoms with Gasteiger partial charge in [-0.25, -0.2) is 0 Å². The lowest BCUT2D eigenvalue weighted by Gasteiger charge is -2.37. The normalized spacial score (nSPS) is 22.3. The third kappa shape index (κ3) is 3.48. The van der Waals surface area contributed by atoms with Crippen LogP contribution in [0.25, 0.3) is 0 Å². The molecule has 4 nitrogen and oxygen atoms in total. The highest BCUT2D eigenvalue weighted by atomic mass is 16.5. The Morgan fingerprint density at radius 3 is 1.54 bits per heavy atom. The fourth-order valence-electron chi connectivity index (χ4n) is 3.92. The summed E-state index contributed by atoms with van der Waals surface area (Å²) in [6, 6.07) is 30.0. The molecule has 4 heteroatoms. The summed E-state index contributed by atoms with van der Waals surface area (Å²) in [6.45, 7) is 0.626. The number of aliphatic hydroxyl groups is 2. The highest BCUT2D eigenvalue weighted by molar-refractivity contribution is 5.47. The molecule has 0 bridgehead atoms. The molecule has 3 N–H and O–H groups in total. The molecule has 144 valence electrons. The highest BCUT2D eigenvalue weighted by Gasteiger charge is 2.40. The van der Waals surface area contributed by atoms with Crippen molar-refractivity contribution in [2.45, 2.75) is 23.9 Å². The van der Waals surface area contributed by atoms with Crippen molar-refractivity contribution in [2.24, 2.45) is 0 Å². The molecule has 0 aliphatic carbocycles. The minimum Gasteiger partial charge on any atom is -0.389 e. The van der Waals surface area contributed by atoms with Gasteiger partial charge in [-0.1, -0.05) is 91.0 Å². The van der Waals surface area contributed by atoms with Gasteiger partial charge < -0.3 is 20.3 Å². The summed E-state index contributed by atoms with van der Waals surface area (Å²) in [5, 5.41) is 23.3. The van der Waals surface area contributed by atoms with E-state index in [-0.39, 0.29) is 12.6 Å². The van der Waals surface area contributed by atoms with Crippen LogP contribution < -0.4 is 5.32 Å². The molecule has 3 aromatic rings. The molecule has 0 spiro atoms. The molecule has 0 radical (unpaired) electrons. The first-order chi connectivity index (χ1) is 13.7. The Morgan fingerprint density at radius 1 is 0.750 bits per heavy atom. The van der Waals surface area contributed by atoms with Crippen LogP contribution in [0.3, 0.4) is 0 Å². The lowest BCUT2D eigenvalue weighted by Crippen LogP contribution is -2.42. The molecule has 1 heterocycles. The first kappa shape index (κ1) is 18.8. The van der Waals surface area contributed by atoms with Crippen LogP contribution in [0.2, 0.25) is 0 Å². The van der Waals surface area contributed by atoms with Crippen LogP contribution in [-0.4, -0.2) is 41.6 Å². The number of hydrogen-bond donors (Lipinski definition) is 3. The van der Waals surface area contributed by atoms with Crippen LogP contribution in [0.4, 0.5) is 0 Å². The van der Waals surface area contributed by atoms with Crippen LogP contribution in [0.5, 0.6) is 0 Å². The Kier molecular flexibility index (Phi) is 5.55.